The molecule has 0 unspecified atom stereocenters. The Morgan fingerprint density at radius 3 is 2.14 bits per heavy atom. The van der Waals surface area contributed by atoms with Crippen molar-refractivity contribution in [3.63, 3.8) is 0 Å². The quantitative estimate of drug-likeness (QED) is 0.417. The number of rotatable bonds is 4. The van der Waals surface area contributed by atoms with E-state index < -0.39 is 0 Å². The van der Waals surface area contributed by atoms with Crippen LogP contribution in [0, 0.1) is 0 Å². The molecular weight excluding hydrogens is 372 g/mol. The smallest absolute Gasteiger partial charge is 0.286 e. The van der Waals surface area contributed by atoms with Gasteiger partial charge in [-0.15, -0.1) is 0 Å². The molecule has 29 heavy (non-hydrogen) atoms. The molecule has 0 radical (unpaired) electrons. The number of nitrogens with one attached hydrogen (secondary N) is 2. The molecule has 6 N–H and O–H groups in total. The van der Waals surface area contributed by atoms with Gasteiger partial charge in [-0.25, -0.2) is 9.66 Å². The van der Waals surface area contributed by atoms with Crippen LogP contribution >= 0.6 is 0 Å². The number of amides is 2. The highest BCUT2D eigenvalue weighted by Gasteiger charge is 2.14. The maximum Gasteiger partial charge on any atom is 0.286 e. The Labute approximate surface area is 165 Å². The third kappa shape index (κ3) is 3.38. The fourth-order valence-electron chi connectivity index (χ4n) is 3.17. The molecule has 3 heterocycles. The molecule has 0 spiro atoms. The first-order chi connectivity index (χ1) is 13.8. The van der Waals surface area contributed by atoms with Crippen LogP contribution in [0.5, 0.6) is 0 Å². The molecule has 0 fully saturated rings. The molecule has 2 amide bonds. The first-order valence-corrected chi connectivity index (χ1v) is 8.75. The van der Waals surface area contributed by atoms with E-state index in [1.165, 1.54) is 11.0 Å². The van der Waals surface area contributed by atoms with Crippen molar-refractivity contribution >= 4 is 39.9 Å². The highest BCUT2D eigenvalue weighted by atomic mass is 16.2. The summed E-state index contributed by atoms with van der Waals surface area (Å²) in [5.41, 5.74) is 18.0. The van der Waals surface area contributed by atoms with Gasteiger partial charge < -0.3 is 25.9 Å². The molecule has 3 aromatic heterocycles. The lowest BCUT2D eigenvalue weighted by Crippen LogP contribution is -2.23. The number of fused-ring (bicyclic) bond motifs is 1. The van der Waals surface area contributed by atoms with E-state index in [-0.39, 0.29) is 11.8 Å². The average Bonchev–Trinajstić information content (AvgIpc) is 3.31. The largest absolute Gasteiger partial charge is 0.397 e. The van der Waals surface area contributed by atoms with Crippen molar-refractivity contribution in [1.29, 1.82) is 0 Å². The molecular formula is C19H20N8O2. The van der Waals surface area contributed by atoms with Crippen molar-refractivity contribution in [2.75, 3.05) is 22.2 Å². The van der Waals surface area contributed by atoms with E-state index in [1.54, 1.807) is 66.0 Å². The number of carbonyl (C=O) groups is 2. The van der Waals surface area contributed by atoms with Crippen LogP contribution < -0.4 is 22.2 Å². The number of nitrogens with two attached hydrogens (primary N) is 2. The van der Waals surface area contributed by atoms with E-state index in [0.717, 1.165) is 0 Å². The fourth-order valence-corrected chi connectivity index (χ4v) is 3.17. The summed E-state index contributed by atoms with van der Waals surface area (Å²) in [6.45, 7) is 0. The molecule has 1 aromatic carbocycles. The third-order valence-corrected chi connectivity index (χ3v) is 4.54. The number of carbonyl (C=O) groups excluding carboxylic acids is 2. The minimum Gasteiger partial charge on any atom is -0.397 e. The Balaban J connectivity index is 1.54. The van der Waals surface area contributed by atoms with Crippen LogP contribution in [0.25, 0.3) is 11.0 Å². The molecule has 0 aliphatic heterocycles. The Kier molecular flexibility index (Phi) is 4.23. The molecule has 0 saturated carbocycles. The van der Waals surface area contributed by atoms with Crippen LogP contribution in [-0.2, 0) is 14.1 Å². The number of anilines is 3. The first-order valence-electron chi connectivity index (χ1n) is 8.75. The van der Waals surface area contributed by atoms with Crippen molar-refractivity contribution in [3.05, 3.63) is 60.4 Å². The summed E-state index contributed by atoms with van der Waals surface area (Å²) in [4.78, 5) is 29.2. The Hall–Kier alpha value is -4.21. The van der Waals surface area contributed by atoms with Crippen LogP contribution in [0.2, 0.25) is 0 Å². The molecule has 148 valence electrons. The van der Waals surface area contributed by atoms with Crippen LogP contribution in [0.3, 0.4) is 0 Å². The number of aryl methyl sites for hydroxylation is 2. The second kappa shape index (κ2) is 6.75. The predicted octanol–water partition coefficient (Wildman–Crippen LogP) is 1.51. The van der Waals surface area contributed by atoms with Crippen molar-refractivity contribution in [3.8, 4) is 0 Å². The zero-order valence-corrected chi connectivity index (χ0v) is 15.9. The maximum absolute atomic E-state index is 12.5. The van der Waals surface area contributed by atoms with Crippen LogP contribution in [0.15, 0.2) is 49.1 Å². The van der Waals surface area contributed by atoms with E-state index in [4.69, 9.17) is 11.5 Å². The van der Waals surface area contributed by atoms with Gasteiger partial charge in [0.15, 0.2) is 0 Å². The number of nitrogens with zero attached hydrogens (tertiary/aromatic N) is 4. The van der Waals surface area contributed by atoms with Crippen LogP contribution in [0.4, 0.5) is 17.1 Å². The summed E-state index contributed by atoms with van der Waals surface area (Å²) in [6, 6.07) is 8.42. The molecule has 0 aliphatic rings. The molecule has 0 atom stereocenters. The molecule has 10 heteroatoms. The molecule has 4 aromatic rings. The molecule has 0 aliphatic carbocycles. The molecule has 10 nitrogen and oxygen atoms in total. The van der Waals surface area contributed by atoms with Gasteiger partial charge in [-0.05, 0) is 30.3 Å². The van der Waals surface area contributed by atoms with E-state index in [1.807, 2.05) is 0 Å². The van der Waals surface area contributed by atoms with Gasteiger partial charge in [0, 0.05) is 32.2 Å². The minimum atomic E-state index is -0.317. The predicted molar refractivity (Wildman–Crippen MR) is 111 cm³/mol. The molecule has 0 bridgehead atoms. The maximum atomic E-state index is 12.5. The Bertz CT molecular complexity index is 1250. The summed E-state index contributed by atoms with van der Waals surface area (Å²) in [5.74, 6) is -0.597. The van der Waals surface area contributed by atoms with Gasteiger partial charge in [-0.2, -0.15) is 0 Å². The number of aromatic nitrogens is 4. The lowest BCUT2D eigenvalue weighted by molar-refractivity contribution is 0.0997. The van der Waals surface area contributed by atoms with Gasteiger partial charge in [0.05, 0.1) is 22.4 Å². The fraction of sp³-hybridized carbons (Fsp3) is 0.105. The Morgan fingerprint density at radius 1 is 0.931 bits per heavy atom. The van der Waals surface area contributed by atoms with Gasteiger partial charge >= 0.3 is 0 Å². The SMILES string of the molecule is Cn1cc(N)cc1C(=O)Nc1ccc2c(c1)ncn2NC(=O)c1cc(N)cn1C. The van der Waals surface area contributed by atoms with Crippen molar-refractivity contribution in [2.45, 2.75) is 0 Å². The zero-order valence-electron chi connectivity index (χ0n) is 15.9. The third-order valence-electron chi connectivity index (χ3n) is 4.54. The number of benzene rings is 1. The van der Waals surface area contributed by atoms with Crippen LogP contribution in [-0.4, -0.2) is 30.6 Å². The molecule has 0 saturated heterocycles. The summed E-state index contributed by atoms with van der Waals surface area (Å²) >= 11 is 0. The lowest BCUT2D eigenvalue weighted by atomic mass is 10.2. The highest BCUT2D eigenvalue weighted by Crippen LogP contribution is 2.19. The second-order valence-corrected chi connectivity index (χ2v) is 6.75. The first kappa shape index (κ1) is 18.2. The monoisotopic (exact) mass is 392 g/mol. The van der Waals surface area contributed by atoms with Gasteiger partial charge in [-0.1, -0.05) is 0 Å². The lowest BCUT2D eigenvalue weighted by Gasteiger charge is -2.09. The van der Waals surface area contributed by atoms with Gasteiger partial charge in [0.25, 0.3) is 11.8 Å². The van der Waals surface area contributed by atoms with E-state index in [9.17, 15) is 9.59 Å². The van der Waals surface area contributed by atoms with Gasteiger partial charge in [-0.3, -0.25) is 15.0 Å². The number of hydrogen-bond donors (Lipinski definition) is 4. The summed E-state index contributed by atoms with van der Waals surface area (Å²) in [6.07, 6.45) is 4.83. The topological polar surface area (TPSA) is 138 Å². The zero-order chi connectivity index (χ0) is 20.7. The average molecular weight is 392 g/mol. The summed E-state index contributed by atoms with van der Waals surface area (Å²) in [7, 11) is 3.49. The van der Waals surface area contributed by atoms with E-state index in [2.05, 4.69) is 15.7 Å². The minimum absolute atomic E-state index is 0.280. The van der Waals surface area contributed by atoms with E-state index >= 15 is 0 Å². The molecule has 4 rings (SSSR count). The Morgan fingerprint density at radius 2 is 1.55 bits per heavy atom. The highest BCUT2D eigenvalue weighted by molar-refractivity contribution is 6.05. The van der Waals surface area contributed by atoms with Crippen molar-refractivity contribution in [1.82, 2.24) is 18.8 Å². The van der Waals surface area contributed by atoms with E-state index in [0.29, 0.717) is 39.5 Å². The number of hydrogen-bond acceptors (Lipinski definition) is 5. The van der Waals surface area contributed by atoms with Gasteiger partial charge in [0.1, 0.15) is 17.7 Å². The van der Waals surface area contributed by atoms with Crippen molar-refractivity contribution in [2.24, 2.45) is 14.1 Å². The van der Waals surface area contributed by atoms with Crippen molar-refractivity contribution < 1.29 is 9.59 Å². The van der Waals surface area contributed by atoms with Crippen LogP contribution in [0.1, 0.15) is 21.0 Å². The standard InChI is InChI=1S/C19H20N8O2/c1-25-8-11(20)5-16(25)18(28)23-13-3-4-15-14(7-13)22-10-27(15)24-19(29)17-6-12(21)9-26(17)2/h3-10H,20-21H2,1-2H3,(H,23,28)(H,24,29). The second-order valence-electron chi connectivity index (χ2n) is 6.75. The normalized spacial score (nSPS) is 11.0. The van der Waals surface area contributed by atoms with Gasteiger partial charge in [0.2, 0.25) is 0 Å². The number of imidazole rings is 1. The number of nitrogen functional groups attached to an aromatic ring is 2. The summed E-state index contributed by atoms with van der Waals surface area (Å²) in [5, 5.41) is 2.82. The summed E-state index contributed by atoms with van der Waals surface area (Å²) < 4.78 is 4.82.